The Kier molecular flexibility index (Phi) is 8.50. The van der Waals surface area contributed by atoms with Crippen molar-refractivity contribution in [2.24, 2.45) is 5.92 Å². The van der Waals surface area contributed by atoms with Gasteiger partial charge in [0.05, 0.1) is 23.7 Å². The highest BCUT2D eigenvalue weighted by Crippen LogP contribution is 2.41. The number of thiophene rings is 1. The van der Waals surface area contributed by atoms with Crippen molar-refractivity contribution < 1.29 is 14.3 Å². The van der Waals surface area contributed by atoms with Gasteiger partial charge in [-0.05, 0) is 59.9 Å². The molecule has 1 unspecified atom stereocenters. The van der Waals surface area contributed by atoms with Crippen LogP contribution in [0.4, 0.5) is 5.69 Å². The fourth-order valence-corrected chi connectivity index (χ4v) is 4.98. The van der Waals surface area contributed by atoms with Crippen molar-refractivity contribution in [3.05, 3.63) is 52.2 Å². The van der Waals surface area contributed by atoms with Gasteiger partial charge in [-0.25, -0.2) is 0 Å². The SMILES string of the molecule is C=C(c1cccs1)N1c2cc(CC(C)C)c(OC)cc2CCC1C(=N)C(=O)NCCNC(C)=O. The number of amides is 2. The summed E-state index contributed by atoms with van der Waals surface area (Å²) in [5.41, 5.74) is 3.97. The second-order valence-electron chi connectivity index (χ2n) is 8.89. The van der Waals surface area contributed by atoms with E-state index >= 15 is 0 Å². The van der Waals surface area contributed by atoms with E-state index in [-0.39, 0.29) is 18.2 Å². The number of fused-ring (bicyclic) bond motifs is 1. The van der Waals surface area contributed by atoms with Gasteiger partial charge < -0.3 is 20.3 Å². The van der Waals surface area contributed by atoms with Crippen LogP contribution in [0.15, 0.2) is 36.2 Å². The maximum absolute atomic E-state index is 12.8. The highest BCUT2D eigenvalue weighted by molar-refractivity contribution is 7.11. The molecule has 1 aromatic heterocycles. The van der Waals surface area contributed by atoms with E-state index in [1.54, 1.807) is 18.4 Å². The molecular weight excluding hydrogens is 448 g/mol. The molecular formula is C26H34N4O3S. The molecule has 0 spiro atoms. The fraction of sp³-hybridized carbons (Fsp3) is 0.423. The zero-order chi connectivity index (χ0) is 24.8. The number of nitrogens with zero attached hydrogens (tertiary/aromatic N) is 1. The molecule has 8 heteroatoms. The molecule has 3 N–H and O–H groups in total. The molecule has 1 aliphatic heterocycles. The van der Waals surface area contributed by atoms with Gasteiger partial charge in [-0.2, -0.15) is 0 Å². The summed E-state index contributed by atoms with van der Waals surface area (Å²) in [7, 11) is 1.69. The van der Waals surface area contributed by atoms with Crippen LogP contribution in [0.25, 0.3) is 5.70 Å². The smallest absolute Gasteiger partial charge is 0.267 e. The third kappa shape index (κ3) is 5.86. The first-order valence-corrected chi connectivity index (χ1v) is 12.4. The molecule has 0 fully saturated rings. The minimum absolute atomic E-state index is 0.00703. The summed E-state index contributed by atoms with van der Waals surface area (Å²) in [4.78, 5) is 27.0. The van der Waals surface area contributed by atoms with E-state index in [4.69, 9.17) is 10.1 Å². The first-order chi connectivity index (χ1) is 16.2. The molecule has 7 nitrogen and oxygen atoms in total. The number of nitrogens with one attached hydrogen (secondary N) is 3. The summed E-state index contributed by atoms with van der Waals surface area (Å²) in [6, 6.07) is 7.77. The standard InChI is InChI=1S/C26H34N4O3S/c1-16(2)13-20-14-22-19(15-23(20)33-5)8-9-21(30(22)17(3)24-7-6-12-34-24)25(27)26(32)29-11-10-28-18(4)31/h6-7,12,14-16,21,27H,3,8-11,13H2,1-2,4-5H3,(H,28,31)(H,29,32). The topological polar surface area (TPSA) is 94.5 Å². The largest absolute Gasteiger partial charge is 0.496 e. The normalized spacial score (nSPS) is 15.0. The van der Waals surface area contributed by atoms with Gasteiger partial charge in [-0.1, -0.05) is 26.5 Å². The summed E-state index contributed by atoms with van der Waals surface area (Å²) < 4.78 is 5.69. The van der Waals surface area contributed by atoms with E-state index in [9.17, 15) is 9.59 Å². The molecule has 1 atom stereocenters. The van der Waals surface area contributed by atoms with E-state index < -0.39 is 11.9 Å². The lowest BCUT2D eigenvalue weighted by atomic mass is 9.89. The zero-order valence-corrected chi connectivity index (χ0v) is 21.2. The van der Waals surface area contributed by atoms with Crippen LogP contribution in [-0.4, -0.2) is 43.8 Å². The Labute approximate surface area is 205 Å². The molecule has 0 radical (unpaired) electrons. The zero-order valence-electron chi connectivity index (χ0n) is 20.4. The number of benzene rings is 1. The maximum atomic E-state index is 12.8. The molecule has 34 heavy (non-hydrogen) atoms. The average molecular weight is 483 g/mol. The van der Waals surface area contributed by atoms with Crippen LogP contribution in [0, 0.1) is 11.3 Å². The van der Waals surface area contributed by atoms with Gasteiger partial charge in [0.25, 0.3) is 5.91 Å². The van der Waals surface area contributed by atoms with Crippen LogP contribution in [0.1, 0.15) is 43.2 Å². The molecule has 0 saturated carbocycles. The Hall–Kier alpha value is -3.13. The van der Waals surface area contributed by atoms with Crippen molar-refractivity contribution >= 4 is 40.2 Å². The molecule has 1 aromatic carbocycles. The van der Waals surface area contributed by atoms with Crippen molar-refractivity contribution in [3.8, 4) is 5.75 Å². The van der Waals surface area contributed by atoms with Gasteiger partial charge >= 0.3 is 0 Å². The lowest BCUT2D eigenvalue weighted by Crippen LogP contribution is -2.49. The van der Waals surface area contributed by atoms with Crippen molar-refractivity contribution in [1.29, 1.82) is 5.41 Å². The Morgan fingerprint density at radius 1 is 1.29 bits per heavy atom. The maximum Gasteiger partial charge on any atom is 0.267 e. The number of carbonyl (C=O) groups is 2. The van der Waals surface area contributed by atoms with Crippen molar-refractivity contribution in [1.82, 2.24) is 10.6 Å². The number of rotatable bonds is 10. The minimum Gasteiger partial charge on any atom is -0.496 e. The Balaban J connectivity index is 1.95. The van der Waals surface area contributed by atoms with Crippen LogP contribution < -0.4 is 20.3 Å². The van der Waals surface area contributed by atoms with Gasteiger partial charge in [0.2, 0.25) is 5.91 Å². The van der Waals surface area contributed by atoms with E-state index in [2.05, 4.69) is 43.2 Å². The van der Waals surface area contributed by atoms with Gasteiger partial charge in [-0.15, -0.1) is 11.3 Å². The molecule has 0 bridgehead atoms. The average Bonchev–Trinajstić information content (AvgIpc) is 3.34. The number of ether oxygens (including phenoxy) is 1. The molecule has 0 aliphatic carbocycles. The first-order valence-electron chi connectivity index (χ1n) is 11.6. The van der Waals surface area contributed by atoms with Crippen molar-refractivity contribution in [2.75, 3.05) is 25.1 Å². The fourth-order valence-electron chi connectivity index (χ4n) is 4.29. The molecule has 2 heterocycles. The number of carbonyl (C=O) groups excluding carboxylic acids is 2. The van der Waals surface area contributed by atoms with Crippen LogP contribution in [0.2, 0.25) is 0 Å². The molecule has 1 aliphatic rings. The highest BCUT2D eigenvalue weighted by Gasteiger charge is 2.35. The quantitative estimate of drug-likeness (QED) is 0.352. The van der Waals surface area contributed by atoms with Gasteiger partial charge in [0, 0.05) is 25.7 Å². The van der Waals surface area contributed by atoms with Gasteiger partial charge in [-0.3, -0.25) is 15.0 Å². The van der Waals surface area contributed by atoms with Crippen molar-refractivity contribution in [2.45, 2.75) is 46.1 Å². The molecule has 0 saturated heterocycles. The summed E-state index contributed by atoms with van der Waals surface area (Å²) in [6.45, 7) is 10.7. The number of hydrogen-bond acceptors (Lipinski definition) is 6. The third-order valence-corrected chi connectivity index (χ3v) is 6.75. The predicted molar refractivity (Wildman–Crippen MR) is 139 cm³/mol. The molecule has 2 aromatic rings. The lowest BCUT2D eigenvalue weighted by Gasteiger charge is -2.40. The van der Waals surface area contributed by atoms with E-state index in [0.717, 1.165) is 46.0 Å². The Morgan fingerprint density at radius 2 is 2.03 bits per heavy atom. The summed E-state index contributed by atoms with van der Waals surface area (Å²) in [5, 5.41) is 16.1. The van der Waals surface area contributed by atoms with Gasteiger partial charge in [0.15, 0.2) is 0 Å². The lowest BCUT2D eigenvalue weighted by molar-refractivity contribution is -0.119. The molecule has 2 amide bonds. The Morgan fingerprint density at radius 3 is 2.65 bits per heavy atom. The second-order valence-corrected chi connectivity index (χ2v) is 9.84. The monoisotopic (exact) mass is 482 g/mol. The number of methoxy groups -OCH3 is 1. The summed E-state index contributed by atoms with van der Waals surface area (Å²) >= 11 is 1.59. The third-order valence-electron chi connectivity index (χ3n) is 5.83. The number of hydrogen-bond donors (Lipinski definition) is 3. The number of anilines is 1. The Bertz CT molecular complexity index is 1060. The molecule has 182 valence electrons. The van der Waals surface area contributed by atoms with Gasteiger partial charge in [0.1, 0.15) is 11.5 Å². The first kappa shape index (κ1) is 25.5. The predicted octanol–water partition coefficient (Wildman–Crippen LogP) is 4.02. The van der Waals surface area contributed by atoms with E-state index in [1.807, 2.05) is 22.4 Å². The van der Waals surface area contributed by atoms with Crippen LogP contribution in [0.5, 0.6) is 5.75 Å². The van der Waals surface area contributed by atoms with E-state index in [0.29, 0.717) is 18.9 Å². The van der Waals surface area contributed by atoms with E-state index in [1.165, 1.54) is 6.92 Å². The molecule has 3 rings (SSSR count). The second kappa shape index (κ2) is 11.3. The highest BCUT2D eigenvalue weighted by atomic mass is 32.1. The number of aryl methyl sites for hydroxylation is 1. The summed E-state index contributed by atoms with van der Waals surface area (Å²) in [5.74, 6) is 0.740. The van der Waals surface area contributed by atoms with Crippen LogP contribution >= 0.6 is 11.3 Å². The minimum atomic E-state index is -0.442. The van der Waals surface area contributed by atoms with Crippen LogP contribution in [-0.2, 0) is 22.4 Å². The summed E-state index contributed by atoms with van der Waals surface area (Å²) in [6.07, 6.45) is 2.21. The van der Waals surface area contributed by atoms with Crippen LogP contribution in [0.3, 0.4) is 0 Å². The van der Waals surface area contributed by atoms with Crippen molar-refractivity contribution in [3.63, 3.8) is 0 Å².